The molecule has 1 unspecified atom stereocenters. The van der Waals surface area contributed by atoms with E-state index in [0.29, 0.717) is 22.1 Å². The van der Waals surface area contributed by atoms with E-state index in [-0.39, 0.29) is 5.82 Å². The lowest BCUT2D eigenvalue weighted by molar-refractivity contribution is 0.316. The fourth-order valence-corrected chi connectivity index (χ4v) is 3.57. The first kappa shape index (κ1) is 13.0. The van der Waals surface area contributed by atoms with Gasteiger partial charge in [0.2, 0.25) is 0 Å². The summed E-state index contributed by atoms with van der Waals surface area (Å²) < 4.78 is 19.5. The number of hydrogen-bond acceptors (Lipinski definition) is 2. The number of rotatable bonds is 3. The fourth-order valence-electron chi connectivity index (χ4n) is 2.10. The molecule has 0 saturated heterocycles. The van der Waals surface area contributed by atoms with Crippen molar-refractivity contribution >= 4 is 27.7 Å². The maximum Gasteiger partial charge on any atom is 0.141 e. The van der Waals surface area contributed by atoms with Crippen LogP contribution in [-0.4, -0.2) is 11.9 Å². The van der Waals surface area contributed by atoms with Gasteiger partial charge < -0.3 is 4.74 Å². The van der Waals surface area contributed by atoms with Crippen molar-refractivity contribution in [3.63, 3.8) is 0 Å². The van der Waals surface area contributed by atoms with Crippen molar-refractivity contribution in [2.45, 2.75) is 16.6 Å². The molecule has 0 radical (unpaired) electrons. The van der Waals surface area contributed by atoms with Crippen LogP contribution in [0.2, 0.25) is 0 Å². The van der Waals surface area contributed by atoms with Gasteiger partial charge in [0.05, 0.1) is 4.47 Å². The van der Waals surface area contributed by atoms with Gasteiger partial charge in [-0.05, 0) is 46.1 Å². The van der Waals surface area contributed by atoms with Gasteiger partial charge in [-0.2, -0.15) is 0 Å². The first-order chi connectivity index (χ1) is 9.22. The zero-order chi connectivity index (χ0) is 13.2. The molecular weight excluding hydrogens is 327 g/mol. The molecule has 0 spiro atoms. The van der Waals surface area contributed by atoms with Gasteiger partial charge in [0, 0.05) is 16.2 Å². The highest BCUT2D eigenvalue weighted by Gasteiger charge is 2.22. The minimum atomic E-state index is -0.292. The van der Waals surface area contributed by atoms with Gasteiger partial charge in [0.15, 0.2) is 0 Å². The topological polar surface area (TPSA) is 9.23 Å². The molecular formula is C15H12BrFOS. The summed E-state index contributed by atoms with van der Waals surface area (Å²) in [5, 5.41) is 0.407. The van der Waals surface area contributed by atoms with Crippen LogP contribution in [0.15, 0.2) is 51.8 Å². The Hall–Kier alpha value is -1.000. The highest BCUT2D eigenvalue weighted by atomic mass is 79.9. The zero-order valence-corrected chi connectivity index (χ0v) is 12.5. The molecule has 0 saturated carbocycles. The van der Waals surface area contributed by atoms with Crippen molar-refractivity contribution < 1.29 is 9.13 Å². The van der Waals surface area contributed by atoms with Crippen LogP contribution in [0.1, 0.15) is 5.56 Å². The minimum Gasteiger partial charge on any atom is -0.492 e. The average Bonchev–Trinajstić information content (AvgIpc) is 2.83. The Morgan fingerprint density at radius 3 is 2.89 bits per heavy atom. The highest BCUT2D eigenvalue weighted by Crippen LogP contribution is 2.37. The molecule has 1 atom stereocenters. The van der Waals surface area contributed by atoms with Crippen LogP contribution in [0.3, 0.4) is 0 Å². The van der Waals surface area contributed by atoms with E-state index >= 15 is 0 Å². The van der Waals surface area contributed by atoms with Gasteiger partial charge in [0.25, 0.3) is 0 Å². The zero-order valence-electron chi connectivity index (χ0n) is 10.1. The Kier molecular flexibility index (Phi) is 3.80. The molecule has 3 rings (SSSR count). The molecule has 2 aromatic rings. The number of thioether (sulfide) groups is 1. The van der Waals surface area contributed by atoms with Crippen LogP contribution >= 0.6 is 27.7 Å². The van der Waals surface area contributed by atoms with Gasteiger partial charge in [-0.1, -0.05) is 18.2 Å². The van der Waals surface area contributed by atoms with Crippen LogP contribution < -0.4 is 4.74 Å². The Balaban J connectivity index is 1.61. The van der Waals surface area contributed by atoms with Crippen molar-refractivity contribution in [3.8, 4) is 5.75 Å². The van der Waals surface area contributed by atoms with E-state index in [1.54, 1.807) is 12.1 Å². The van der Waals surface area contributed by atoms with Crippen LogP contribution in [0, 0.1) is 5.82 Å². The first-order valence-corrected chi connectivity index (χ1v) is 7.72. The summed E-state index contributed by atoms with van der Waals surface area (Å²) in [4.78, 5) is 1.33. The van der Waals surface area contributed by atoms with E-state index in [0.717, 1.165) is 6.42 Å². The molecule has 0 fully saturated rings. The summed E-state index contributed by atoms with van der Waals surface area (Å²) in [6.45, 7) is 0.598. The monoisotopic (exact) mass is 338 g/mol. The molecule has 19 heavy (non-hydrogen) atoms. The third-order valence-electron chi connectivity index (χ3n) is 3.04. The molecule has 1 heterocycles. The molecule has 98 valence electrons. The van der Waals surface area contributed by atoms with E-state index in [1.807, 2.05) is 11.8 Å². The largest absolute Gasteiger partial charge is 0.492 e. The lowest BCUT2D eigenvalue weighted by Crippen LogP contribution is -2.13. The number of ether oxygens (including phenoxy) is 1. The van der Waals surface area contributed by atoms with Crippen LogP contribution in [0.25, 0.3) is 0 Å². The molecule has 0 aromatic heterocycles. The Bertz CT molecular complexity index is 577. The summed E-state index contributed by atoms with van der Waals surface area (Å²) in [5.41, 5.74) is 1.38. The summed E-state index contributed by atoms with van der Waals surface area (Å²) in [7, 11) is 0. The number of halogens is 2. The van der Waals surface area contributed by atoms with Gasteiger partial charge in [0.1, 0.15) is 18.2 Å². The molecule has 1 nitrogen and oxygen atoms in total. The average molecular weight is 339 g/mol. The third kappa shape index (κ3) is 2.95. The lowest BCUT2D eigenvalue weighted by Gasteiger charge is -2.11. The van der Waals surface area contributed by atoms with E-state index in [9.17, 15) is 4.39 Å². The molecule has 0 bridgehead atoms. The van der Waals surface area contributed by atoms with Crippen molar-refractivity contribution in [2.75, 3.05) is 6.61 Å². The maximum atomic E-state index is 13.4. The minimum absolute atomic E-state index is 0.292. The van der Waals surface area contributed by atoms with Crippen LogP contribution in [0.4, 0.5) is 4.39 Å². The molecule has 1 aliphatic rings. The van der Waals surface area contributed by atoms with E-state index in [4.69, 9.17) is 4.74 Å². The van der Waals surface area contributed by atoms with Crippen LogP contribution in [-0.2, 0) is 6.42 Å². The highest BCUT2D eigenvalue weighted by molar-refractivity contribution is 9.10. The lowest BCUT2D eigenvalue weighted by atomic mass is 10.1. The quantitative estimate of drug-likeness (QED) is 0.803. The second-order valence-corrected chi connectivity index (χ2v) is 6.64. The standard InChI is InChI=1S/C15H12BrFOS/c16-13-6-5-11(8-14(13)17)18-9-12-7-10-3-1-2-4-15(10)19-12/h1-6,8,12H,7,9H2. The van der Waals surface area contributed by atoms with Gasteiger partial charge in [-0.25, -0.2) is 4.39 Å². The Morgan fingerprint density at radius 1 is 1.26 bits per heavy atom. The van der Waals surface area contributed by atoms with Crippen molar-refractivity contribution in [1.29, 1.82) is 0 Å². The van der Waals surface area contributed by atoms with E-state index in [2.05, 4.69) is 40.2 Å². The second-order valence-electron chi connectivity index (χ2n) is 4.44. The van der Waals surface area contributed by atoms with Gasteiger partial charge >= 0.3 is 0 Å². The first-order valence-electron chi connectivity index (χ1n) is 6.05. The summed E-state index contributed by atoms with van der Waals surface area (Å²) >= 11 is 4.97. The molecule has 2 aromatic carbocycles. The Morgan fingerprint density at radius 2 is 2.11 bits per heavy atom. The molecule has 0 N–H and O–H groups in total. The SMILES string of the molecule is Fc1cc(OCC2Cc3ccccc3S2)ccc1Br. The number of hydrogen-bond donors (Lipinski definition) is 0. The van der Waals surface area contributed by atoms with E-state index < -0.39 is 0 Å². The van der Waals surface area contributed by atoms with Crippen molar-refractivity contribution in [1.82, 2.24) is 0 Å². The Labute approximate surface area is 124 Å². The normalized spacial score (nSPS) is 17.3. The fraction of sp³-hybridized carbons (Fsp3) is 0.200. The third-order valence-corrected chi connectivity index (χ3v) is 4.97. The number of fused-ring (bicyclic) bond motifs is 1. The molecule has 1 aliphatic heterocycles. The van der Waals surface area contributed by atoms with Crippen molar-refractivity contribution in [2.24, 2.45) is 0 Å². The molecule has 0 aliphatic carbocycles. The second kappa shape index (κ2) is 5.55. The molecule has 4 heteroatoms. The molecule has 0 amide bonds. The predicted molar refractivity (Wildman–Crippen MR) is 79.4 cm³/mol. The smallest absolute Gasteiger partial charge is 0.141 e. The maximum absolute atomic E-state index is 13.4. The summed E-state index contributed by atoms with van der Waals surface area (Å²) in [6, 6.07) is 13.3. The van der Waals surface area contributed by atoms with Gasteiger partial charge in [-0.15, -0.1) is 11.8 Å². The van der Waals surface area contributed by atoms with Crippen molar-refractivity contribution in [3.05, 3.63) is 58.3 Å². The van der Waals surface area contributed by atoms with E-state index in [1.165, 1.54) is 16.5 Å². The van der Waals surface area contributed by atoms with Crippen LogP contribution in [0.5, 0.6) is 5.75 Å². The predicted octanol–water partition coefficient (Wildman–Crippen LogP) is 4.68. The number of benzene rings is 2. The van der Waals surface area contributed by atoms with Gasteiger partial charge in [-0.3, -0.25) is 0 Å². The summed E-state index contributed by atoms with van der Waals surface area (Å²) in [5.74, 6) is 0.289. The summed E-state index contributed by atoms with van der Waals surface area (Å²) in [6.07, 6.45) is 1.01.